The standard InChI is InChI=1S/C45H53F3N8O7S/c1-25(2)38(53-43(60)62-6)42(59)56-24-31(64(7)61)19-35(56)39-50-22-34(52-39)28-10-8-27(9-11-28)32-14-12-29(18-36(32)63-45(46,47)48)40(57)51-30-13-15-37(49-21-30)55-17-16-54(23-26(55)3)41(58)33-20-44(33,4)5/h8-15,18,21-22,25-26,31,33,35,38H,16-17,19-20,23-24H2,1-7H3,(H,50,52)(H,51,57)(H,53,60)/t26-,31+,33-,35+,38+,64?/m1/s1/i4D3,5D3. The number of carbonyl (C=O) groups excluding carboxylic acids is 4. The number of benzene rings is 2. The van der Waals surface area contributed by atoms with Crippen LogP contribution in [0, 0.1) is 17.3 Å². The van der Waals surface area contributed by atoms with Crippen LogP contribution in [0.2, 0.25) is 0 Å². The normalized spacial score (nSPS) is 23.4. The molecule has 2 aromatic carbocycles. The van der Waals surface area contributed by atoms with Crippen LogP contribution in [0.1, 0.15) is 77.8 Å². The Balaban J connectivity index is 1.02. The molecule has 7 rings (SSSR count). The summed E-state index contributed by atoms with van der Waals surface area (Å²) in [6.07, 6.45) is -1.29. The van der Waals surface area contributed by atoms with E-state index < -0.39 is 77.9 Å². The number of carbonyl (C=O) groups is 4. The number of ether oxygens (including phenoxy) is 2. The maximum Gasteiger partial charge on any atom is 0.573 e. The number of piperazine rings is 1. The minimum Gasteiger partial charge on any atom is -0.453 e. The Bertz CT molecular complexity index is 2620. The lowest BCUT2D eigenvalue weighted by Crippen LogP contribution is -2.54. The van der Waals surface area contributed by atoms with Crippen LogP contribution in [0.3, 0.4) is 0 Å². The van der Waals surface area contributed by atoms with Gasteiger partial charge < -0.3 is 39.8 Å². The Hall–Kier alpha value is -5.98. The Morgan fingerprint density at radius 1 is 1.00 bits per heavy atom. The topological polar surface area (TPSA) is 179 Å². The number of imidazole rings is 1. The molecule has 2 aromatic heterocycles. The molecule has 3 fully saturated rings. The van der Waals surface area contributed by atoms with E-state index in [9.17, 15) is 36.6 Å². The fourth-order valence-corrected chi connectivity index (χ4v) is 8.95. The molecule has 1 saturated carbocycles. The van der Waals surface area contributed by atoms with E-state index in [2.05, 4.69) is 30.3 Å². The number of anilines is 2. The zero-order chi connectivity index (χ0) is 51.2. The van der Waals surface area contributed by atoms with Crippen LogP contribution in [0.25, 0.3) is 22.4 Å². The number of likely N-dealkylation sites (tertiary alicyclic amines) is 1. The zero-order valence-electron chi connectivity index (χ0n) is 41.7. The highest BCUT2D eigenvalue weighted by Gasteiger charge is 2.52. The maximum absolute atomic E-state index is 13.8. The number of alkyl halides is 3. The summed E-state index contributed by atoms with van der Waals surface area (Å²) in [5, 5.41) is 4.87. The molecule has 3 N–H and O–H groups in total. The number of methoxy groups -OCH3 is 1. The number of hydrogen-bond acceptors (Lipinski definition) is 10. The van der Waals surface area contributed by atoms with E-state index in [-0.39, 0.29) is 66.0 Å². The summed E-state index contributed by atoms with van der Waals surface area (Å²) in [4.78, 5) is 69.8. The number of pyridine rings is 1. The van der Waals surface area contributed by atoms with Crippen molar-refractivity contribution in [3.8, 4) is 28.1 Å². The van der Waals surface area contributed by atoms with E-state index in [0.717, 1.165) is 6.07 Å². The summed E-state index contributed by atoms with van der Waals surface area (Å²) in [7, 11) is -0.0789. The predicted molar refractivity (Wildman–Crippen MR) is 235 cm³/mol. The van der Waals surface area contributed by atoms with E-state index in [0.29, 0.717) is 41.4 Å². The number of H-pyrrole nitrogens is 1. The molecule has 2 saturated heterocycles. The third-order valence-electron chi connectivity index (χ3n) is 11.8. The van der Waals surface area contributed by atoms with E-state index in [1.807, 2.05) is 11.8 Å². The summed E-state index contributed by atoms with van der Waals surface area (Å²) in [5.41, 5.74) is -0.475. The minimum absolute atomic E-state index is 0.0395. The quantitative estimate of drug-likeness (QED) is 0.137. The molecule has 342 valence electrons. The van der Waals surface area contributed by atoms with Crippen molar-refractivity contribution < 1.29 is 54.3 Å². The molecule has 4 aromatic rings. The number of alkyl carbamates (subject to hydrolysis) is 1. The average molecular weight is 913 g/mol. The van der Waals surface area contributed by atoms with Crippen LogP contribution in [0.5, 0.6) is 5.75 Å². The molecule has 19 heteroatoms. The molecule has 0 bridgehead atoms. The second-order valence-electron chi connectivity index (χ2n) is 16.7. The van der Waals surface area contributed by atoms with Gasteiger partial charge in [0.2, 0.25) is 11.8 Å². The molecular formula is C45H53F3N8O7S. The first-order valence-electron chi connectivity index (χ1n) is 23.6. The van der Waals surface area contributed by atoms with Crippen molar-refractivity contribution in [3.05, 3.63) is 78.4 Å². The van der Waals surface area contributed by atoms with Crippen molar-refractivity contribution >= 4 is 46.1 Å². The van der Waals surface area contributed by atoms with Crippen molar-refractivity contribution in [1.29, 1.82) is 0 Å². The van der Waals surface area contributed by atoms with Gasteiger partial charge in [-0.2, -0.15) is 0 Å². The fourth-order valence-electron chi connectivity index (χ4n) is 8.12. The molecular weight excluding hydrogens is 854 g/mol. The van der Waals surface area contributed by atoms with Gasteiger partial charge in [-0.15, -0.1) is 13.2 Å². The van der Waals surface area contributed by atoms with Gasteiger partial charge in [-0.1, -0.05) is 51.8 Å². The number of nitrogens with one attached hydrogen (secondary N) is 3. The van der Waals surface area contributed by atoms with E-state index in [4.69, 9.17) is 13.0 Å². The van der Waals surface area contributed by atoms with Crippen LogP contribution in [0.4, 0.5) is 29.5 Å². The van der Waals surface area contributed by atoms with Crippen molar-refractivity contribution in [1.82, 2.24) is 30.1 Å². The first kappa shape index (κ1) is 38.5. The van der Waals surface area contributed by atoms with E-state index >= 15 is 0 Å². The third-order valence-corrected chi connectivity index (χ3v) is 13.1. The number of aromatic amines is 1. The van der Waals surface area contributed by atoms with Gasteiger partial charge in [0.15, 0.2) is 0 Å². The van der Waals surface area contributed by atoms with Crippen LogP contribution in [-0.4, -0.2) is 116 Å². The Kier molecular flexibility index (Phi) is 11.0. The Morgan fingerprint density at radius 3 is 2.34 bits per heavy atom. The SMILES string of the molecule is [2H]C([2H])([2H])C1(C([2H])([2H])[2H])C[C@@H]1C(=O)N1CCN(c2ccc(NC(=O)c3ccc(-c4ccc(-c5cnc([C@@H]6C[C@H](S(C)=O)CN6C(=O)[C@@H](NC(=O)OC)C(C)C)[nH]5)cc4)c(OC(F)(F)F)c3)cn2)[C@H](C)C1. The van der Waals surface area contributed by atoms with Crippen molar-refractivity contribution in [2.45, 2.75) is 77.1 Å². The lowest BCUT2D eigenvalue weighted by Gasteiger charge is -2.41. The minimum atomic E-state index is -5.10. The Labute approximate surface area is 380 Å². The van der Waals surface area contributed by atoms with Crippen LogP contribution in [-0.2, 0) is 25.1 Å². The number of rotatable bonds is 12. The number of aromatic nitrogens is 3. The summed E-state index contributed by atoms with van der Waals surface area (Å²) >= 11 is 0. The summed E-state index contributed by atoms with van der Waals surface area (Å²) in [6.45, 7) is 0.590. The predicted octanol–water partition coefficient (Wildman–Crippen LogP) is 6.77. The molecule has 6 atom stereocenters. The summed E-state index contributed by atoms with van der Waals surface area (Å²) in [5.74, 6) is -2.80. The maximum atomic E-state index is 13.8. The highest BCUT2D eigenvalue weighted by atomic mass is 32.2. The molecule has 4 amide bonds. The highest BCUT2D eigenvalue weighted by molar-refractivity contribution is 7.84. The third kappa shape index (κ3) is 10.2. The molecule has 15 nitrogen and oxygen atoms in total. The summed E-state index contributed by atoms with van der Waals surface area (Å²) < 4.78 is 110. The monoisotopic (exact) mass is 912 g/mol. The zero-order valence-corrected chi connectivity index (χ0v) is 36.5. The van der Waals surface area contributed by atoms with Gasteiger partial charge in [-0.3, -0.25) is 18.6 Å². The number of amides is 4. The largest absolute Gasteiger partial charge is 0.573 e. The lowest BCUT2D eigenvalue weighted by molar-refractivity contribution is -0.274. The molecule has 1 unspecified atom stereocenters. The number of hydrogen-bond donors (Lipinski definition) is 3. The molecule has 3 aliphatic rings. The van der Waals surface area contributed by atoms with E-state index in [1.165, 1.54) is 30.3 Å². The molecule has 0 radical (unpaired) electrons. The summed E-state index contributed by atoms with van der Waals surface area (Å²) in [6, 6.07) is 11.5. The molecule has 2 aliphatic heterocycles. The second kappa shape index (κ2) is 18.3. The van der Waals surface area contributed by atoms with Crippen LogP contribution >= 0.6 is 0 Å². The number of nitrogens with zero attached hydrogens (tertiary/aromatic N) is 5. The first-order valence-corrected chi connectivity index (χ1v) is 22.2. The van der Waals surface area contributed by atoms with Crippen LogP contribution < -0.4 is 20.3 Å². The average Bonchev–Trinajstić information content (AvgIpc) is 3.66. The lowest BCUT2D eigenvalue weighted by atomic mass is 10.00. The smallest absolute Gasteiger partial charge is 0.453 e. The first-order chi connectivity index (χ1) is 32.7. The van der Waals surface area contributed by atoms with Crippen molar-refractivity contribution in [2.24, 2.45) is 17.3 Å². The van der Waals surface area contributed by atoms with Crippen LogP contribution in [0.15, 0.2) is 67.0 Å². The van der Waals surface area contributed by atoms with Gasteiger partial charge in [-0.25, -0.2) is 14.8 Å². The van der Waals surface area contributed by atoms with Gasteiger partial charge in [0.25, 0.3) is 5.91 Å². The van der Waals surface area contributed by atoms with Crippen molar-refractivity contribution in [2.75, 3.05) is 49.8 Å². The molecule has 64 heavy (non-hydrogen) atoms. The van der Waals surface area contributed by atoms with Crippen molar-refractivity contribution in [3.63, 3.8) is 0 Å². The van der Waals surface area contributed by atoms with Gasteiger partial charge in [-0.05, 0) is 72.6 Å². The molecule has 1 aliphatic carbocycles. The van der Waals surface area contributed by atoms with Gasteiger partial charge >= 0.3 is 12.5 Å². The fraction of sp³-hybridized carbons (Fsp3) is 0.467. The second-order valence-corrected chi connectivity index (χ2v) is 18.3. The number of halogens is 3. The molecule has 0 spiro atoms. The molecule has 4 heterocycles. The highest BCUT2D eigenvalue weighted by Crippen LogP contribution is 2.52. The van der Waals surface area contributed by atoms with Gasteiger partial charge in [0, 0.05) is 74.5 Å². The van der Waals surface area contributed by atoms with Gasteiger partial charge in [0.1, 0.15) is 23.4 Å². The Morgan fingerprint density at radius 2 is 1.73 bits per heavy atom. The van der Waals surface area contributed by atoms with Gasteiger partial charge in [0.05, 0.1) is 42.2 Å². The van der Waals surface area contributed by atoms with E-state index in [1.54, 1.807) is 67.6 Å².